The average molecular weight is 291 g/mol. The van der Waals surface area contributed by atoms with Gasteiger partial charge in [-0.1, -0.05) is 0 Å². The Balaban J connectivity index is 1.64. The number of ether oxygens (including phenoxy) is 1. The maximum absolute atomic E-state index is 12.2. The summed E-state index contributed by atoms with van der Waals surface area (Å²) in [5.74, 6) is -0.213. The summed E-state index contributed by atoms with van der Waals surface area (Å²) in [6, 6.07) is 3.32. The number of H-pyrrole nitrogens is 1. The van der Waals surface area contributed by atoms with Gasteiger partial charge in [-0.25, -0.2) is 0 Å². The Morgan fingerprint density at radius 3 is 3.00 bits per heavy atom. The van der Waals surface area contributed by atoms with Crippen LogP contribution in [0.25, 0.3) is 0 Å². The first-order valence-electron chi connectivity index (χ1n) is 7.39. The molecule has 0 spiro atoms. The molecule has 3 rings (SSSR count). The molecular formula is C15H21N3O3. The standard InChI is InChI=1S/C15H21N3O3/c1-9-3-13(19)5-14(16-9)15(20)17-11-4-12-8-21-10(2)6-18(12)7-11/h3,5,10-12H,4,6-8H2,1-2H3,(H,16,19)(H,17,20)/t10-,11+,12-/m0/s1. The van der Waals surface area contributed by atoms with E-state index in [1.54, 1.807) is 6.92 Å². The van der Waals surface area contributed by atoms with Gasteiger partial charge in [-0.05, 0) is 20.3 Å². The molecule has 1 aromatic heterocycles. The predicted octanol–water partition coefficient (Wildman–Crippen LogP) is 0.275. The Hall–Kier alpha value is -1.66. The average Bonchev–Trinajstić information content (AvgIpc) is 2.78. The highest BCUT2D eigenvalue weighted by Gasteiger charge is 2.36. The van der Waals surface area contributed by atoms with Crippen molar-refractivity contribution >= 4 is 5.91 Å². The molecular weight excluding hydrogens is 270 g/mol. The van der Waals surface area contributed by atoms with E-state index >= 15 is 0 Å². The van der Waals surface area contributed by atoms with Crippen LogP contribution in [-0.4, -0.2) is 53.7 Å². The fraction of sp³-hybridized carbons (Fsp3) is 0.600. The summed E-state index contributed by atoms with van der Waals surface area (Å²) in [4.78, 5) is 29.0. The molecule has 114 valence electrons. The van der Waals surface area contributed by atoms with Crippen LogP contribution in [-0.2, 0) is 4.74 Å². The minimum absolute atomic E-state index is 0.111. The third kappa shape index (κ3) is 3.16. The van der Waals surface area contributed by atoms with E-state index in [1.807, 2.05) is 0 Å². The molecule has 3 heterocycles. The van der Waals surface area contributed by atoms with Gasteiger partial charge in [0.15, 0.2) is 5.43 Å². The maximum atomic E-state index is 12.2. The van der Waals surface area contributed by atoms with Gasteiger partial charge in [-0.15, -0.1) is 0 Å². The number of rotatable bonds is 2. The summed E-state index contributed by atoms with van der Waals surface area (Å²) in [7, 11) is 0. The van der Waals surface area contributed by atoms with Gasteiger partial charge in [0.1, 0.15) is 5.69 Å². The van der Waals surface area contributed by atoms with Crippen LogP contribution in [0, 0.1) is 6.92 Å². The van der Waals surface area contributed by atoms with Gasteiger partial charge in [-0.2, -0.15) is 0 Å². The number of amides is 1. The number of aryl methyl sites for hydroxylation is 1. The number of carbonyl (C=O) groups excluding carboxylic acids is 1. The molecule has 0 aromatic carbocycles. The molecule has 2 fully saturated rings. The van der Waals surface area contributed by atoms with Crippen LogP contribution in [0.3, 0.4) is 0 Å². The van der Waals surface area contributed by atoms with Crippen molar-refractivity contribution in [2.45, 2.75) is 38.5 Å². The van der Waals surface area contributed by atoms with E-state index in [0.717, 1.165) is 26.1 Å². The van der Waals surface area contributed by atoms with Gasteiger partial charge in [0.25, 0.3) is 5.91 Å². The number of carbonyl (C=O) groups is 1. The number of morpholine rings is 1. The molecule has 2 aliphatic rings. The van der Waals surface area contributed by atoms with Gasteiger partial charge < -0.3 is 15.0 Å². The molecule has 0 bridgehead atoms. The molecule has 1 aromatic rings. The molecule has 0 unspecified atom stereocenters. The second-order valence-corrected chi connectivity index (χ2v) is 6.07. The zero-order chi connectivity index (χ0) is 15.0. The van der Waals surface area contributed by atoms with Crippen molar-refractivity contribution in [2.75, 3.05) is 19.7 Å². The molecule has 1 amide bonds. The van der Waals surface area contributed by atoms with Crippen molar-refractivity contribution < 1.29 is 9.53 Å². The first-order valence-corrected chi connectivity index (χ1v) is 7.39. The molecule has 0 saturated carbocycles. The second kappa shape index (κ2) is 5.61. The molecule has 6 nitrogen and oxygen atoms in total. The topological polar surface area (TPSA) is 74.4 Å². The zero-order valence-electron chi connectivity index (χ0n) is 12.4. The number of fused-ring (bicyclic) bond motifs is 1. The summed E-state index contributed by atoms with van der Waals surface area (Å²) in [5.41, 5.74) is 0.871. The lowest BCUT2D eigenvalue weighted by molar-refractivity contribution is -0.0390. The van der Waals surface area contributed by atoms with Crippen molar-refractivity contribution in [1.29, 1.82) is 0 Å². The minimum atomic E-state index is -0.213. The number of aromatic nitrogens is 1. The largest absolute Gasteiger partial charge is 0.376 e. The smallest absolute Gasteiger partial charge is 0.268 e. The Morgan fingerprint density at radius 2 is 2.24 bits per heavy atom. The third-order valence-electron chi connectivity index (χ3n) is 4.15. The number of pyridine rings is 1. The Kier molecular flexibility index (Phi) is 3.82. The lowest BCUT2D eigenvalue weighted by Crippen LogP contribution is -2.45. The van der Waals surface area contributed by atoms with Crippen LogP contribution >= 0.6 is 0 Å². The van der Waals surface area contributed by atoms with E-state index in [-0.39, 0.29) is 23.5 Å². The van der Waals surface area contributed by atoms with Crippen LogP contribution in [0.15, 0.2) is 16.9 Å². The molecule has 3 atom stereocenters. The first-order chi connectivity index (χ1) is 10.0. The maximum Gasteiger partial charge on any atom is 0.268 e. The van der Waals surface area contributed by atoms with E-state index in [0.29, 0.717) is 17.4 Å². The zero-order valence-corrected chi connectivity index (χ0v) is 12.4. The SMILES string of the molecule is Cc1cc(=O)cc(C(=O)N[C@@H]2C[C@H]3CO[C@@H](C)CN3C2)[nH]1. The molecule has 6 heteroatoms. The summed E-state index contributed by atoms with van der Waals surface area (Å²) >= 11 is 0. The van der Waals surface area contributed by atoms with Gasteiger partial charge >= 0.3 is 0 Å². The number of aromatic amines is 1. The summed E-state index contributed by atoms with van der Waals surface area (Å²) < 4.78 is 5.66. The van der Waals surface area contributed by atoms with Crippen LogP contribution in [0.1, 0.15) is 29.5 Å². The highest BCUT2D eigenvalue weighted by atomic mass is 16.5. The summed E-state index contributed by atoms with van der Waals surface area (Å²) in [6.07, 6.45) is 1.15. The minimum Gasteiger partial charge on any atom is -0.376 e. The van der Waals surface area contributed by atoms with Crippen LogP contribution < -0.4 is 10.7 Å². The summed E-state index contributed by atoms with van der Waals surface area (Å²) in [6.45, 7) is 6.33. The molecule has 2 saturated heterocycles. The first kappa shape index (κ1) is 14.3. The van der Waals surface area contributed by atoms with Gasteiger partial charge in [0.05, 0.1) is 12.7 Å². The molecule has 0 aliphatic carbocycles. The number of hydrogen-bond acceptors (Lipinski definition) is 4. The molecule has 2 aliphatic heterocycles. The number of hydrogen-bond donors (Lipinski definition) is 2. The van der Waals surface area contributed by atoms with Crippen LogP contribution in [0.4, 0.5) is 0 Å². The molecule has 2 N–H and O–H groups in total. The lowest BCUT2D eigenvalue weighted by Gasteiger charge is -2.33. The monoisotopic (exact) mass is 291 g/mol. The second-order valence-electron chi connectivity index (χ2n) is 6.07. The number of nitrogens with zero attached hydrogens (tertiary/aromatic N) is 1. The Morgan fingerprint density at radius 1 is 1.43 bits per heavy atom. The highest BCUT2D eigenvalue weighted by molar-refractivity contribution is 5.92. The Bertz CT molecular complexity index is 598. The van der Waals surface area contributed by atoms with Crippen molar-refractivity contribution in [3.05, 3.63) is 33.7 Å². The van der Waals surface area contributed by atoms with E-state index in [4.69, 9.17) is 4.74 Å². The van der Waals surface area contributed by atoms with Gasteiger partial charge in [0, 0.05) is 43.0 Å². The number of nitrogens with one attached hydrogen (secondary N) is 2. The highest BCUT2D eigenvalue weighted by Crippen LogP contribution is 2.23. The van der Waals surface area contributed by atoms with E-state index in [1.165, 1.54) is 12.1 Å². The summed E-state index contributed by atoms with van der Waals surface area (Å²) in [5, 5.41) is 3.01. The van der Waals surface area contributed by atoms with Crippen molar-refractivity contribution in [2.24, 2.45) is 0 Å². The van der Waals surface area contributed by atoms with Crippen molar-refractivity contribution in [1.82, 2.24) is 15.2 Å². The quantitative estimate of drug-likeness (QED) is 0.820. The molecule has 0 radical (unpaired) electrons. The van der Waals surface area contributed by atoms with Crippen molar-refractivity contribution in [3.63, 3.8) is 0 Å². The van der Waals surface area contributed by atoms with Gasteiger partial charge in [-0.3, -0.25) is 14.5 Å². The predicted molar refractivity (Wildman–Crippen MR) is 78.4 cm³/mol. The van der Waals surface area contributed by atoms with Crippen molar-refractivity contribution in [3.8, 4) is 0 Å². The Labute approximate surface area is 123 Å². The van der Waals surface area contributed by atoms with E-state index in [2.05, 4.69) is 22.1 Å². The fourth-order valence-electron chi connectivity index (χ4n) is 3.21. The van der Waals surface area contributed by atoms with E-state index in [9.17, 15) is 9.59 Å². The lowest BCUT2D eigenvalue weighted by atomic mass is 10.1. The fourth-order valence-corrected chi connectivity index (χ4v) is 3.21. The van der Waals surface area contributed by atoms with Crippen LogP contribution in [0.5, 0.6) is 0 Å². The van der Waals surface area contributed by atoms with Crippen LogP contribution in [0.2, 0.25) is 0 Å². The van der Waals surface area contributed by atoms with E-state index < -0.39 is 0 Å². The van der Waals surface area contributed by atoms with Gasteiger partial charge in [0.2, 0.25) is 0 Å². The third-order valence-corrected chi connectivity index (χ3v) is 4.15. The normalized spacial score (nSPS) is 29.1. The molecule has 21 heavy (non-hydrogen) atoms.